The zero-order valence-electron chi connectivity index (χ0n) is 29.6. The molecule has 0 saturated carbocycles. The summed E-state index contributed by atoms with van der Waals surface area (Å²) in [5.74, 6) is 0. The van der Waals surface area contributed by atoms with Crippen LogP contribution in [0.3, 0.4) is 0 Å². The first-order chi connectivity index (χ1) is 26.4. The molecule has 8 aromatic rings. The lowest BCUT2D eigenvalue weighted by Gasteiger charge is -2.06. The van der Waals surface area contributed by atoms with Gasteiger partial charge in [-0.15, -0.1) is 0 Å². The molecule has 0 bridgehead atoms. The fourth-order valence-corrected chi connectivity index (χ4v) is 7.16. The molecule has 0 spiro atoms. The van der Waals surface area contributed by atoms with Crippen LogP contribution >= 0.6 is 0 Å². The van der Waals surface area contributed by atoms with Crippen LogP contribution < -0.4 is 9.13 Å². The van der Waals surface area contributed by atoms with Crippen molar-refractivity contribution < 1.29 is 19.0 Å². The highest BCUT2D eigenvalue weighted by Crippen LogP contribution is 2.22. The molecule has 0 amide bonds. The Labute approximate surface area is 311 Å². The summed E-state index contributed by atoms with van der Waals surface area (Å²) in [6.45, 7) is 3.02. The Bertz CT molecular complexity index is 2410. The van der Waals surface area contributed by atoms with Crippen LogP contribution in [0.25, 0.3) is 33.2 Å². The number of non-ortho nitro benzene ring substituents is 2. The van der Waals surface area contributed by atoms with Crippen LogP contribution in [0.1, 0.15) is 22.3 Å². The monoisotopic (exact) mass is 714 g/mol. The molecule has 8 rings (SSSR count). The number of fused-ring (bicyclic) bond motifs is 2. The first-order valence-electron chi connectivity index (χ1n) is 18.0. The average molecular weight is 715 g/mol. The molecule has 6 aromatic carbocycles. The van der Waals surface area contributed by atoms with E-state index in [1.165, 1.54) is 11.1 Å². The van der Waals surface area contributed by atoms with Crippen molar-refractivity contribution in [1.82, 2.24) is 9.13 Å². The molecule has 10 heteroatoms. The van der Waals surface area contributed by atoms with Crippen molar-refractivity contribution >= 4 is 33.4 Å². The van der Waals surface area contributed by atoms with Crippen molar-refractivity contribution in [3.05, 3.63) is 201 Å². The lowest BCUT2D eigenvalue weighted by Crippen LogP contribution is -2.32. The molecule has 0 aliphatic carbocycles. The normalized spacial score (nSPS) is 11.3. The lowest BCUT2D eigenvalue weighted by molar-refractivity contribution is -0.663. The SMILES string of the molecule is O=[N+]([O-])c1ccc(CCn2c[n+](Cc3ccc(-c4ccc(C[n+]5cn(CCc6ccc([N+](=O)[O-])cc6)c6ccccc65)cc4)cc3)c3ccccc32)cc1. The highest BCUT2D eigenvalue weighted by molar-refractivity contribution is 5.72. The van der Waals surface area contributed by atoms with Gasteiger partial charge in [-0.05, 0) is 57.6 Å². The van der Waals surface area contributed by atoms with Gasteiger partial charge in [0.2, 0.25) is 12.7 Å². The standard InChI is InChI=1S/C44H38N6O4/c51-49(52)39-21-13-33(14-22-39)25-27-45-31-47(43-7-3-1-5-41(43)45)29-35-9-17-37(18-10-35)38-19-11-36(12-20-38)30-48-32-46(42-6-2-4-8-44(42)48)28-26-34-15-23-40(24-16-34)50(53)54/h1-24,31-32H,25-30H2/q+2. The second kappa shape index (κ2) is 15.0. The number of benzene rings is 6. The zero-order chi connectivity index (χ0) is 37.0. The number of imidazole rings is 2. The summed E-state index contributed by atoms with van der Waals surface area (Å²) in [5.41, 5.74) is 11.7. The third-order valence-electron chi connectivity index (χ3n) is 10.1. The van der Waals surface area contributed by atoms with E-state index in [1.54, 1.807) is 24.3 Å². The Morgan fingerprint density at radius 2 is 0.796 bits per heavy atom. The predicted molar refractivity (Wildman–Crippen MR) is 208 cm³/mol. The molecule has 10 nitrogen and oxygen atoms in total. The van der Waals surface area contributed by atoms with Gasteiger partial charge in [-0.3, -0.25) is 20.2 Å². The maximum atomic E-state index is 11.0. The Balaban J connectivity index is 0.927. The van der Waals surface area contributed by atoms with Crippen LogP contribution in [0.4, 0.5) is 11.4 Å². The Kier molecular flexibility index (Phi) is 9.47. The highest BCUT2D eigenvalue weighted by Gasteiger charge is 2.18. The minimum absolute atomic E-state index is 0.109. The summed E-state index contributed by atoms with van der Waals surface area (Å²) in [6, 6.07) is 47.9. The van der Waals surface area contributed by atoms with Crippen molar-refractivity contribution in [2.75, 3.05) is 0 Å². The van der Waals surface area contributed by atoms with Gasteiger partial charge >= 0.3 is 0 Å². The summed E-state index contributed by atoms with van der Waals surface area (Å²) in [5, 5.41) is 22.1. The average Bonchev–Trinajstić information content (AvgIpc) is 3.74. The van der Waals surface area contributed by atoms with E-state index >= 15 is 0 Å². The summed E-state index contributed by atoms with van der Waals surface area (Å²) in [4.78, 5) is 21.3. The maximum Gasteiger partial charge on any atom is 0.269 e. The van der Waals surface area contributed by atoms with Crippen molar-refractivity contribution in [3.8, 4) is 11.1 Å². The molecule has 266 valence electrons. The van der Waals surface area contributed by atoms with Crippen LogP contribution in [0.2, 0.25) is 0 Å². The second-order valence-electron chi connectivity index (χ2n) is 13.6. The van der Waals surface area contributed by atoms with E-state index in [0.29, 0.717) is 0 Å². The van der Waals surface area contributed by atoms with E-state index in [2.05, 4.69) is 128 Å². The fraction of sp³-hybridized carbons (Fsp3) is 0.136. The summed E-state index contributed by atoms with van der Waals surface area (Å²) >= 11 is 0. The van der Waals surface area contributed by atoms with E-state index in [-0.39, 0.29) is 21.2 Å². The molecule has 2 aromatic heterocycles. The number of rotatable bonds is 13. The van der Waals surface area contributed by atoms with Crippen molar-refractivity contribution in [1.29, 1.82) is 0 Å². The number of aryl methyl sites for hydroxylation is 4. The van der Waals surface area contributed by atoms with Gasteiger partial charge in [0.25, 0.3) is 11.4 Å². The van der Waals surface area contributed by atoms with Crippen LogP contribution in [0.5, 0.6) is 0 Å². The van der Waals surface area contributed by atoms with Crippen molar-refractivity contribution in [2.24, 2.45) is 0 Å². The van der Waals surface area contributed by atoms with Gasteiger partial charge in [-0.25, -0.2) is 18.3 Å². The van der Waals surface area contributed by atoms with Crippen molar-refractivity contribution in [3.63, 3.8) is 0 Å². The smallest absolute Gasteiger partial charge is 0.258 e. The molecule has 2 heterocycles. The molecular weight excluding hydrogens is 677 g/mol. The molecule has 0 fully saturated rings. The molecule has 0 saturated heterocycles. The van der Waals surface area contributed by atoms with E-state index in [0.717, 1.165) is 83.3 Å². The first kappa shape index (κ1) is 34.2. The molecule has 0 radical (unpaired) electrons. The van der Waals surface area contributed by atoms with Crippen LogP contribution in [0, 0.1) is 20.2 Å². The number of nitro benzene ring substituents is 2. The van der Waals surface area contributed by atoms with Gasteiger partial charge in [-0.2, -0.15) is 0 Å². The van der Waals surface area contributed by atoms with Crippen LogP contribution in [-0.4, -0.2) is 19.0 Å². The Morgan fingerprint density at radius 3 is 1.17 bits per heavy atom. The molecule has 0 aliphatic heterocycles. The maximum absolute atomic E-state index is 11.0. The predicted octanol–water partition coefficient (Wildman–Crippen LogP) is 8.24. The third-order valence-corrected chi connectivity index (χ3v) is 10.1. The van der Waals surface area contributed by atoms with Crippen molar-refractivity contribution in [2.45, 2.75) is 39.0 Å². The van der Waals surface area contributed by atoms with Gasteiger partial charge in [0.15, 0.2) is 22.1 Å². The number of hydrogen-bond donors (Lipinski definition) is 0. The Hall–Kier alpha value is -6.94. The van der Waals surface area contributed by atoms with Crippen LogP contribution in [-0.2, 0) is 39.0 Å². The number of aromatic nitrogens is 4. The first-order valence-corrected chi connectivity index (χ1v) is 18.0. The van der Waals surface area contributed by atoms with Gasteiger partial charge in [0, 0.05) is 37.1 Å². The minimum Gasteiger partial charge on any atom is -0.258 e. The highest BCUT2D eigenvalue weighted by atomic mass is 16.6. The summed E-state index contributed by atoms with van der Waals surface area (Å²) in [7, 11) is 0. The Morgan fingerprint density at radius 1 is 0.444 bits per heavy atom. The fourth-order valence-electron chi connectivity index (χ4n) is 7.16. The summed E-state index contributed by atoms with van der Waals surface area (Å²) < 4.78 is 9.06. The quantitative estimate of drug-likeness (QED) is 0.0682. The third kappa shape index (κ3) is 7.35. The van der Waals surface area contributed by atoms with Gasteiger partial charge in [0.1, 0.15) is 13.1 Å². The number of hydrogen-bond acceptors (Lipinski definition) is 4. The van der Waals surface area contributed by atoms with Gasteiger partial charge < -0.3 is 0 Å². The molecule has 0 atom stereocenters. The van der Waals surface area contributed by atoms with E-state index in [9.17, 15) is 20.2 Å². The molecule has 54 heavy (non-hydrogen) atoms. The number of para-hydroxylation sites is 4. The number of nitrogens with zero attached hydrogens (tertiary/aromatic N) is 6. The number of nitro groups is 2. The van der Waals surface area contributed by atoms with Gasteiger partial charge in [0.05, 0.1) is 22.9 Å². The minimum atomic E-state index is -0.367. The van der Waals surface area contributed by atoms with E-state index < -0.39 is 0 Å². The lowest BCUT2D eigenvalue weighted by atomic mass is 10.0. The second-order valence-corrected chi connectivity index (χ2v) is 13.6. The van der Waals surface area contributed by atoms with E-state index in [4.69, 9.17) is 0 Å². The summed E-state index contributed by atoms with van der Waals surface area (Å²) in [6.07, 6.45) is 5.88. The molecule has 0 unspecified atom stereocenters. The topological polar surface area (TPSA) is 104 Å². The largest absolute Gasteiger partial charge is 0.269 e. The van der Waals surface area contributed by atoms with Crippen LogP contribution in [0.15, 0.2) is 158 Å². The zero-order valence-corrected chi connectivity index (χ0v) is 29.6. The van der Waals surface area contributed by atoms with E-state index in [1.807, 2.05) is 24.3 Å². The molecule has 0 N–H and O–H groups in total. The molecular formula is C44H38N6O4+2. The van der Waals surface area contributed by atoms with Gasteiger partial charge in [-0.1, -0.05) is 97.1 Å². The molecule has 0 aliphatic rings.